The molecule has 2 aromatic rings. The maximum Gasteiger partial charge on any atom is 0.262 e. The standard InChI is InChI=1S/C16H17N3O2S/c1-3-14-11(2)22-15(19-14)6-7-18-16(20)12(10-17)9-13-5-4-8-21-13/h4-5,8-9H,3,6-7H2,1-2H3,(H,18,20)/b12-9-. The number of nitrogens with zero attached hydrogens (tertiary/aromatic N) is 2. The summed E-state index contributed by atoms with van der Waals surface area (Å²) in [5, 5.41) is 12.8. The maximum absolute atomic E-state index is 12.0. The van der Waals surface area contributed by atoms with E-state index in [-0.39, 0.29) is 5.57 Å². The smallest absolute Gasteiger partial charge is 0.262 e. The van der Waals surface area contributed by atoms with Crippen molar-refractivity contribution < 1.29 is 9.21 Å². The lowest BCUT2D eigenvalue weighted by Gasteiger charge is -2.02. The molecule has 0 saturated heterocycles. The number of carbonyl (C=O) groups excluding carboxylic acids is 1. The zero-order valence-electron chi connectivity index (χ0n) is 12.5. The Morgan fingerprint density at radius 3 is 3.00 bits per heavy atom. The van der Waals surface area contributed by atoms with E-state index in [1.54, 1.807) is 23.5 Å². The monoisotopic (exact) mass is 315 g/mol. The first-order valence-corrected chi connectivity index (χ1v) is 7.84. The van der Waals surface area contributed by atoms with Crippen molar-refractivity contribution in [3.8, 4) is 6.07 Å². The van der Waals surface area contributed by atoms with Gasteiger partial charge in [0.15, 0.2) is 0 Å². The molecule has 2 rings (SSSR count). The molecule has 0 bridgehead atoms. The molecule has 22 heavy (non-hydrogen) atoms. The molecule has 0 saturated carbocycles. The van der Waals surface area contributed by atoms with Crippen molar-refractivity contribution >= 4 is 23.3 Å². The van der Waals surface area contributed by atoms with Crippen LogP contribution in [0, 0.1) is 18.3 Å². The highest BCUT2D eigenvalue weighted by Crippen LogP contribution is 2.18. The summed E-state index contributed by atoms with van der Waals surface area (Å²) in [4.78, 5) is 17.7. The van der Waals surface area contributed by atoms with Crippen molar-refractivity contribution in [2.75, 3.05) is 6.54 Å². The second-order valence-corrected chi connectivity index (χ2v) is 5.94. The van der Waals surface area contributed by atoms with Gasteiger partial charge in [0.05, 0.1) is 17.0 Å². The van der Waals surface area contributed by atoms with E-state index < -0.39 is 5.91 Å². The number of nitrogens with one attached hydrogen (secondary N) is 1. The van der Waals surface area contributed by atoms with Crippen LogP contribution in [0.15, 0.2) is 28.4 Å². The topological polar surface area (TPSA) is 78.9 Å². The van der Waals surface area contributed by atoms with Gasteiger partial charge in [-0.1, -0.05) is 6.92 Å². The Hall–Kier alpha value is -2.39. The van der Waals surface area contributed by atoms with E-state index >= 15 is 0 Å². The molecular weight excluding hydrogens is 298 g/mol. The predicted molar refractivity (Wildman–Crippen MR) is 85.2 cm³/mol. The number of carbonyl (C=O) groups is 1. The number of furan rings is 1. The molecule has 5 nitrogen and oxygen atoms in total. The molecule has 0 aliphatic heterocycles. The summed E-state index contributed by atoms with van der Waals surface area (Å²) in [6.45, 7) is 4.58. The fourth-order valence-electron chi connectivity index (χ4n) is 1.97. The summed E-state index contributed by atoms with van der Waals surface area (Å²) in [7, 11) is 0. The number of rotatable bonds is 6. The molecule has 114 valence electrons. The van der Waals surface area contributed by atoms with Crippen LogP contribution in [-0.4, -0.2) is 17.4 Å². The van der Waals surface area contributed by atoms with E-state index in [0.29, 0.717) is 18.7 Å². The number of aryl methyl sites for hydroxylation is 2. The van der Waals surface area contributed by atoms with Crippen LogP contribution in [0.2, 0.25) is 0 Å². The molecule has 2 aromatic heterocycles. The van der Waals surface area contributed by atoms with Gasteiger partial charge < -0.3 is 9.73 Å². The van der Waals surface area contributed by atoms with E-state index in [1.807, 2.05) is 6.07 Å². The SMILES string of the molecule is CCc1nc(CCNC(=O)/C(C#N)=C\c2ccco2)sc1C. The Morgan fingerprint density at radius 2 is 2.41 bits per heavy atom. The van der Waals surface area contributed by atoms with Crippen molar-refractivity contribution in [1.82, 2.24) is 10.3 Å². The van der Waals surface area contributed by atoms with Crippen LogP contribution >= 0.6 is 11.3 Å². The molecule has 1 amide bonds. The van der Waals surface area contributed by atoms with Gasteiger partial charge in [0, 0.05) is 23.9 Å². The van der Waals surface area contributed by atoms with Gasteiger partial charge in [-0.25, -0.2) is 4.98 Å². The summed E-state index contributed by atoms with van der Waals surface area (Å²) in [5.41, 5.74) is 1.14. The van der Waals surface area contributed by atoms with Crippen LogP contribution in [0.1, 0.15) is 28.3 Å². The largest absolute Gasteiger partial charge is 0.465 e. The van der Waals surface area contributed by atoms with Crippen molar-refractivity contribution in [3.63, 3.8) is 0 Å². The third-order valence-corrected chi connectivity index (χ3v) is 4.16. The third kappa shape index (κ3) is 4.06. The minimum atomic E-state index is -0.400. The number of aromatic nitrogens is 1. The first kappa shape index (κ1) is 16.0. The Bertz CT molecular complexity index is 708. The molecule has 0 fully saturated rings. The summed E-state index contributed by atoms with van der Waals surface area (Å²) in [6, 6.07) is 5.28. The van der Waals surface area contributed by atoms with Gasteiger partial charge in [-0.3, -0.25) is 4.79 Å². The molecule has 1 N–H and O–H groups in total. The van der Waals surface area contributed by atoms with E-state index in [9.17, 15) is 4.79 Å². The quantitative estimate of drug-likeness (QED) is 0.656. The Balaban J connectivity index is 1.90. The van der Waals surface area contributed by atoms with E-state index in [1.165, 1.54) is 17.2 Å². The number of thiazole rings is 1. The highest BCUT2D eigenvalue weighted by molar-refractivity contribution is 7.11. The molecule has 6 heteroatoms. The minimum Gasteiger partial charge on any atom is -0.465 e. The number of nitriles is 1. The summed E-state index contributed by atoms with van der Waals surface area (Å²) in [5.74, 6) is 0.0812. The number of hydrogen-bond acceptors (Lipinski definition) is 5. The van der Waals surface area contributed by atoms with Gasteiger partial charge in [-0.15, -0.1) is 11.3 Å². The van der Waals surface area contributed by atoms with E-state index in [4.69, 9.17) is 9.68 Å². The Kier molecular flexibility index (Phi) is 5.50. The predicted octanol–water partition coefficient (Wildman–Crippen LogP) is 2.87. The molecular formula is C16H17N3O2S. The molecule has 0 aliphatic carbocycles. The van der Waals surface area contributed by atoms with E-state index in [0.717, 1.165) is 17.1 Å². The van der Waals surface area contributed by atoms with Crippen molar-refractivity contribution in [3.05, 3.63) is 45.3 Å². The number of hydrogen-bond donors (Lipinski definition) is 1. The van der Waals surface area contributed by atoms with E-state index in [2.05, 4.69) is 24.1 Å². The average molecular weight is 315 g/mol. The normalized spacial score (nSPS) is 11.2. The van der Waals surface area contributed by atoms with Crippen LogP contribution in [0.3, 0.4) is 0 Å². The van der Waals surface area contributed by atoms with Gasteiger partial charge >= 0.3 is 0 Å². The number of amides is 1. The zero-order valence-corrected chi connectivity index (χ0v) is 13.4. The lowest BCUT2D eigenvalue weighted by Crippen LogP contribution is -2.26. The van der Waals surface area contributed by atoms with Crippen molar-refractivity contribution in [2.24, 2.45) is 0 Å². The minimum absolute atomic E-state index is 0.0273. The summed E-state index contributed by atoms with van der Waals surface area (Å²) < 4.78 is 5.10. The van der Waals surface area contributed by atoms with Crippen LogP contribution in [0.4, 0.5) is 0 Å². The summed E-state index contributed by atoms with van der Waals surface area (Å²) in [6.07, 6.45) is 4.50. The molecule has 2 heterocycles. The Labute approximate surface area is 133 Å². The van der Waals surface area contributed by atoms with Gasteiger partial charge in [0.2, 0.25) is 0 Å². The molecule has 0 unspecified atom stereocenters. The molecule has 0 aromatic carbocycles. The second kappa shape index (κ2) is 7.57. The summed E-state index contributed by atoms with van der Waals surface area (Å²) >= 11 is 1.65. The van der Waals surface area contributed by atoms with Gasteiger partial charge in [0.25, 0.3) is 5.91 Å². The molecule has 0 atom stereocenters. The fraction of sp³-hybridized carbons (Fsp3) is 0.312. The average Bonchev–Trinajstić information content (AvgIpc) is 3.14. The first-order valence-electron chi connectivity index (χ1n) is 7.02. The third-order valence-electron chi connectivity index (χ3n) is 3.09. The van der Waals surface area contributed by atoms with Crippen molar-refractivity contribution in [2.45, 2.75) is 26.7 Å². The lowest BCUT2D eigenvalue weighted by molar-refractivity contribution is -0.117. The van der Waals surface area contributed by atoms with Crippen molar-refractivity contribution in [1.29, 1.82) is 5.26 Å². The van der Waals surface area contributed by atoms with Crippen LogP contribution in [-0.2, 0) is 17.6 Å². The molecule has 0 aliphatic rings. The fourth-order valence-corrected chi connectivity index (χ4v) is 2.99. The molecule has 0 spiro atoms. The van der Waals surface area contributed by atoms with Crippen LogP contribution in [0.5, 0.6) is 0 Å². The maximum atomic E-state index is 12.0. The van der Waals surface area contributed by atoms with Gasteiger partial charge in [0.1, 0.15) is 17.4 Å². The zero-order chi connectivity index (χ0) is 15.9. The van der Waals surface area contributed by atoms with Crippen LogP contribution in [0.25, 0.3) is 6.08 Å². The highest BCUT2D eigenvalue weighted by atomic mass is 32.1. The Morgan fingerprint density at radius 1 is 1.59 bits per heavy atom. The highest BCUT2D eigenvalue weighted by Gasteiger charge is 2.10. The second-order valence-electron chi connectivity index (χ2n) is 4.66. The van der Waals surface area contributed by atoms with Crippen LogP contribution < -0.4 is 5.32 Å². The lowest BCUT2D eigenvalue weighted by atomic mass is 10.2. The first-order chi connectivity index (χ1) is 10.6. The van der Waals surface area contributed by atoms with Gasteiger partial charge in [-0.05, 0) is 25.5 Å². The molecule has 0 radical (unpaired) electrons. The van der Waals surface area contributed by atoms with Gasteiger partial charge in [-0.2, -0.15) is 5.26 Å².